The van der Waals surface area contributed by atoms with Gasteiger partial charge in [0.05, 0.1) is 10.9 Å². The van der Waals surface area contributed by atoms with Gasteiger partial charge >= 0.3 is 0 Å². The van der Waals surface area contributed by atoms with Gasteiger partial charge in [-0.1, -0.05) is 26.0 Å². The van der Waals surface area contributed by atoms with Crippen molar-refractivity contribution in [1.82, 2.24) is 9.62 Å². The van der Waals surface area contributed by atoms with Gasteiger partial charge in [-0.2, -0.15) is 4.31 Å². The lowest BCUT2D eigenvalue weighted by molar-refractivity contribution is -0.123. The lowest BCUT2D eigenvalue weighted by atomic mass is 10.1. The van der Waals surface area contributed by atoms with E-state index in [4.69, 9.17) is 4.74 Å². The molecule has 0 radical (unpaired) electrons. The van der Waals surface area contributed by atoms with Crippen LogP contribution in [-0.2, 0) is 14.8 Å². The van der Waals surface area contributed by atoms with Gasteiger partial charge in [-0.3, -0.25) is 4.79 Å². The Balaban J connectivity index is 1.95. The lowest BCUT2D eigenvalue weighted by Crippen LogP contribution is -2.31. The Bertz CT molecular complexity index is 879. The Kier molecular flexibility index (Phi) is 7.53. The SMILES string of the molecule is CCN(CC)S(=O)(=O)c1ccc([C@@H](C)NC(=O)COc2ccc(F)cc2)cc1. The van der Waals surface area contributed by atoms with Gasteiger partial charge < -0.3 is 10.1 Å². The Hall–Kier alpha value is -2.45. The summed E-state index contributed by atoms with van der Waals surface area (Å²) in [6.07, 6.45) is 0. The number of carbonyl (C=O) groups excluding carboxylic acids is 1. The molecule has 1 amide bonds. The predicted molar refractivity (Wildman–Crippen MR) is 105 cm³/mol. The largest absolute Gasteiger partial charge is 0.484 e. The zero-order valence-corrected chi connectivity index (χ0v) is 17.0. The molecular formula is C20H25FN2O4S. The number of ether oxygens (including phenoxy) is 1. The fraction of sp³-hybridized carbons (Fsp3) is 0.350. The van der Waals surface area contributed by atoms with Crippen molar-refractivity contribution in [3.63, 3.8) is 0 Å². The summed E-state index contributed by atoms with van der Waals surface area (Å²) in [6.45, 7) is 5.98. The van der Waals surface area contributed by atoms with Crippen LogP contribution in [0.1, 0.15) is 32.4 Å². The summed E-state index contributed by atoms with van der Waals surface area (Å²) in [5.74, 6) is -0.316. The van der Waals surface area contributed by atoms with Crippen molar-refractivity contribution in [2.24, 2.45) is 0 Å². The zero-order chi connectivity index (χ0) is 20.7. The molecule has 0 spiro atoms. The summed E-state index contributed by atoms with van der Waals surface area (Å²) in [5, 5.41) is 2.78. The molecular weight excluding hydrogens is 383 g/mol. The molecule has 0 saturated carbocycles. The van der Waals surface area contributed by atoms with E-state index in [1.54, 1.807) is 45.0 Å². The van der Waals surface area contributed by atoms with Crippen LogP contribution in [0.4, 0.5) is 4.39 Å². The molecule has 0 unspecified atom stereocenters. The number of sulfonamides is 1. The summed E-state index contributed by atoms with van der Waals surface area (Å²) >= 11 is 0. The first-order chi connectivity index (χ1) is 13.3. The number of hydrogen-bond donors (Lipinski definition) is 1. The molecule has 28 heavy (non-hydrogen) atoms. The number of benzene rings is 2. The van der Waals surface area contributed by atoms with Crippen LogP contribution in [0.2, 0.25) is 0 Å². The smallest absolute Gasteiger partial charge is 0.258 e. The quantitative estimate of drug-likeness (QED) is 0.692. The number of rotatable bonds is 9. The van der Waals surface area contributed by atoms with E-state index in [-0.39, 0.29) is 29.3 Å². The molecule has 1 atom stereocenters. The topological polar surface area (TPSA) is 75.7 Å². The van der Waals surface area contributed by atoms with Crippen LogP contribution in [0, 0.1) is 5.82 Å². The average molecular weight is 408 g/mol. The van der Waals surface area contributed by atoms with Crippen LogP contribution < -0.4 is 10.1 Å². The highest BCUT2D eigenvalue weighted by molar-refractivity contribution is 7.89. The van der Waals surface area contributed by atoms with E-state index in [1.807, 2.05) is 0 Å². The molecule has 152 valence electrons. The molecule has 1 N–H and O–H groups in total. The molecule has 0 aliphatic heterocycles. The summed E-state index contributed by atoms with van der Waals surface area (Å²) in [7, 11) is -3.51. The highest BCUT2D eigenvalue weighted by atomic mass is 32.2. The number of nitrogens with one attached hydrogen (secondary N) is 1. The number of halogens is 1. The molecule has 8 heteroatoms. The molecule has 0 heterocycles. The molecule has 0 aromatic heterocycles. The zero-order valence-electron chi connectivity index (χ0n) is 16.2. The minimum absolute atomic E-state index is 0.204. The maximum atomic E-state index is 12.9. The minimum atomic E-state index is -3.51. The first-order valence-corrected chi connectivity index (χ1v) is 10.5. The van der Waals surface area contributed by atoms with Gasteiger partial charge in [-0.05, 0) is 48.9 Å². The first kappa shape index (κ1) is 21.8. The van der Waals surface area contributed by atoms with Gasteiger partial charge in [-0.15, -0.1) is 0 Å². The van der Waals surface area contributed by atoms with Crippen molar-refractivity contribution in [1.29, 1.82) is 0 Å². The van der Waals surface area contributed by atoms with Crippen molar-refractivity contribution in [2.45, 2.75) is 31.7 Å². The maximum Gasteiger partial charge on any atom is 0.258 e. The Morgan fingerprint density at radius 3 is 2.18 bits per heavy atom. The highest BCUT2D eigenvalue weighted by Crippen LogP contribution is 2.19. The Morgan fingerprint density at radius 1 is 1.07 bits per heavy atom. The third-order valence-corrected chi connectivity index (χ3v) is 6.35. The van der Waals surface area contributed by atoms with E-state index in [0.29, 0.717) is 18.8 Å². The molecule has 6 nitrogen and oxygen atoms in total. The fourth-order valence-electron chi connectivity index (χ4n) is 2.69. The molecule has 2 aromatic carbocycles. The fourth-order valence-corrected chi connectivity index (χ4v) is 4.15. The van der Waals surface area contributed by atoms with Gasteiger partial charge in [-0.25, -0.2) is 12.8 Å². The monoisotopic (exact) mass is 408 g/mol. The van der Waals surface area contributed by atoms with Gasteiger partial charge in [0.15, 0.2) is 6.61 Å². The Labute approximate surface area is 165 Å². The second kappa shape index (κ2) is 9.66. The number of amides is 1. The highest BCUT2D eigenvalue weighted by Gasteiger charge is 2.21. The number of carbonyl (C=O) groups is 1. The van der Waals surface area contributed by atoms with Crippen molar-refractivity contribution in [3.8, 4) is 5.75 Å². The van der Waals surface area contributed by atoms with E-state index in [1.165, 1.54) is 28.6 Å². The van der Waals surface area contributed by atoms with Crippen molar-refractivity contribution >= 4 is 15.9 Å². The van der Waals surface area contributed by atoms with Gasteiger partial charge in [0.2, 0.25) is 10.0 Å². The summed E-state index contributed by atoms with van der Waals surface area (Å²) in [6, 6.07) is 11.5. The summed E-state index contributed by atoms with van der Waals surface area (Å²) in [5.41, 5.74) is 0.772. The van der Waals surface area contributed by atoms with E-state index in [9.17, 15) is 17.6 Å². The van der Waals surface area contributed by atoms with Crippen LogP contribution in [0.15, 0.2) is 53.4 Å². The molecule has 2 rings (SSSR count). The van der Waals surface area contributed by atoms with E-state index < -0.39 is 10.0 Å². The third kappa shape index (κ3) is 5.53. The first-order valence-electron chi connectivity index (χ1n) is 9.05. The molecule has 0 bridgehead atoms. The van der Waals surface area contributed by atoms with Crippen molar-refractivity contribution in [2.75, 3.05) is 19.7 Å². The van der Waals surface area contributed by atoms with Crippen molar-refractivity contribution in [3.05, 3.63) is 59.9 Å². The van der Waals surface area contributed by atoms with Crippen molar-refractivity contribution < 1.29 is 22.3 Å². The van der Waals surface area contributed by atoms with Crippen LogP contribution >= 0.6 is 0 Å². The molecule has 0 fully saturated rings. The van der Waals surface area contributed by atoms with E-state index >= 15 is 0 Å². The van der Waals surface area contributed by atoms with Crippen LogP contribution in [0.5, 0.6) is 5.75 Å². The van der Waals surface area contributed by atoms with Gasteiger partial charge in [0.1, 0.15) is 11.6 Å². The second-order valence-electron chi connectivity index (χ2n) is 6.19. The van der Waals surface area contributed by atoms with Crippen LogP contribution in [0.3, 0.4) is 0 Å². The van der Waals surface area contributed by atoms with Gasteiger partial charge in [0.25, 0.3) is 5.91 Å². The summed E-state index contributed by atoms with van der Waals surface area (Å²) < 4.78 is 44.6. The van der Waals surface area contributed by atoms with E-state index in [0.717, 1.165) is 5.56 Å². The van der Waals surface area contributed by atoms with Crippen LogP contribution in [-0.4, -0.2) is 38.3 Å². The maximum absolute atomic E-state index is 12.9. The second-order valence-corrected chi connectivity index (χ2v) is 8.13. The minimum Gasteiger partial charge on any atom is -0.484 e. The summed E-state index contributed by atoms with van der Waals surface area (Å²) in [4.78, 5) is 12.3. The van der Waals surface area contributed by atoms with Crippen LogP contribution in [0.25, 0.3) is 0 Å². The number of hydrogen-bond acceptors (Lipinski definition) is 4. The molecule has 0 aliphatic carbocycles. The molecule has 0 saturated heterocycles. The lowest BCUT2D eigenvalue weighted by Gasteiger charge is -2.19. The Morgan fingerprint density at radius 2 is 1.64 bits per heavy atom. The standard InChI is InChI=1S/C20H25FN2O4S/c1-4-23(5-2)28(25,26)19-12-6-16(7-13-19)15(3)22-20(24)14-27-18-10-8-17(21)9-11-18/h6-13,15H,4-5,14H2,1-3H3,(H,22,24)/t15-/m1/s1. The normalized spacial score (nSPS) is 12.6. The van der Waals surface area contributed by atoms with E-state index in [2.05, 4.69) is 5.32 Å². The predicted octanol–water partition coefficient (Wildman–Crippen LogP) is 3.11. The average Bonchev–Trinajstić information content (AvgIpc) is 2.68. The van der Waals surface area contributed by atoms with Gasteiger partial charge in [0, 0.05) is 13.1 Å². The molecule has 0 aliphatic rings. The third-order valence-electron chi connectivity index (χ3n) is 4.28. The number of nitrogens with zero attached hydrogens (tertiary/aromatic N) is 1. The molecule has 2 aromatic rings.